The van der Waals surface area contributed by atoms with Gasteiger partial charge in [-0.05, 0) is 62.2 Å². The zero-order valence-electron chi connectivity index (χ0n) is 19.0. The van der Waals surface area contributed by atoms with Gasteiger partial charge in [-0.1, -0.05) is 23.9 Å². The Kier molecular flexibility index (Phi) is 6.81. The smallest absolute Gasteiger partial charge is 0.252 e. The summed E-state index contributed by atoms with van der Waals surface area (Å²) in [6, 6.07) is 11.7. The number of hydrogen-bond donors (Lipinski definition) is 0. The van der Waals surface area contributed by atoms with E-state index in [4.69, 9.17) is 0 Å². The molecule has 0 bridgehead atoms. The molecule has 0 saturated carbocycles. The Bertz CT molecular complexity index is 1180. The number of anilines is 2. The second-order valence-corrected chi connectivity index (χ2v) is 11.8. The molecule has 2 aromatic carbocycles. The largest absolute Gasteiger partial charge is 0.372 e. The molecule has 176 valence electrons. The van der Waals surface area contributed by atoms with Crippen molar-refractivity contribution in [3.63, 3.8) is 0 Å². The van der Waals surface area contributed by atoms with Crippen LogP contribution >= 0.6 is 11.8 Å². The maximum absolute atomic E-state index is 13.2. The van der Waals surface area contributed by atoms with Crippen molar-refractivity contribution >= 4 is 44.0 Å². The number of hydrogen-bond acceptors (Lipinski definition) is 5. The number of carbonyl (C=O) groups excluding carboxylic acids is 1. The van der Waals surface area contributed by atoms with Crippen LogP contribution in [0.3, 0.4) is 0 Å². The van der Waals surface area contributed by atoms with Crippen LogP contribution in [0.2, 0.25) is 0 Å². The van der Waals surface area contributed by atoms with Gasteiger partial charge in [0.1, 0.15) is 5.82 Å². The van der Waals surface area contributed by atoms with E-state index in [0.29, 0.717) is 10.7 Å². The molecule has 0 N–H and O–H groups in total. The van der Waals surface area contributed by atoms with Crippen LogP contribution in [0.5, 0.6) is 0 Å². The quantitative estimate of drug-likeness (QED) is 0.614. The van der Waals surface area contributed by atoms with E-state index in [1.807, 2.05) is 24.0 Å². The first-order chi connectivity index (χ1) is 15.7. The summed E-state index contributed by atoms with van der Waals surface area (Å²) in [6.45, 7) is 8.00. The molecular formula is C24H28FN3O3S2. The summed E-state index contributed by atoms with van der Waals surface area (Å²) in [6.07, 6.45) is 0.0612. The first kappa shape index (κ1) is 23.8. The Morgan fingerprint density at radius 2 is 1.85 bits per heavy atom. The van der Waals surface area contributed by atoms with Gasteiger partial charge in [0.2, 0.25) is 0 Å². The molecule has 2 aliphatic rings. The minimum atomic E-state index is -3.14. The summed E-state index contributed by atoms with van der Waals surface area (Å²) < 4.78 is 37.9. The molecule has 0 aliphatic carbocycles. The molecule has 0 unspecified atom stereocenters. The van der Waals surface area contributed by atoms with Gasteiger partial charge in [-0.25, -0.2) is 12.8 Å². The lowest BCUT2D eigenvalue weighted by Crippen LogP contribution is -2.38. The summed E-state index contributed by atoms with van der Waals surface area (Å²) in [5, 5.41) is 0.375. The van der Waals surface area contributed by atoms with Crippen molar-refractivity contribution in [1.82, 2.24) is 0 Å². The molecule has 0 aromatic heterocycles. The number of aliphatic imine (C=N–C) groups is 1. The van der Waals surface area contributed by atoms with Crippen LogP contribution < -0.4 is 9.80 Å². The van der Waals surface area contributed by atoms with Gasteiger partial charge in [-0.2, -0.15) is 4.99 Å². The topological polar surface area (TPSA) is 70.0 Å². The Hall–Kier alpha value is -2.39. The molecule has 0 radical (unpaired) electrons. The van der Waals surface area contributed by atoms with E-state index >= 15 is 0 Å². The Labute approximate surface area is 198 Å². The third-order valence-electron chi connectivity index (χ3n) is 6.12. The van der Waals surface area contributed by atoms with Gasteiger partial charge in [0.05, 0.1) is 24.0 Å². The number of rotatable bonds is 6. The second kappa shape index (κ2) is 9.46. The predicted molar refractivity (Wildman–Crippen MR) is 134 cm³/mol. The number of fused-ring (bicyclic) bond motifs is 1. The van der Waals surface area contributed by atoms with Gasteiger partial charge in [0, 0.05) is 29.7 Å². The molecule has 1 amide bonds. The molecule has 0 spiro atoms. The molecule has 2 saturated heterocycles. The highest BCUT2D eigenvalue weighted by Crippen LogP contribution is 2.42. The van der Waals surface area contributed by atoms with Gasteiger partial charge in [0.25, 0.3) is 5.91 Å². The summed E-state index contributed by atoms with van der Waals surface area (Å²) in [4.78, 5) is 21.3. The van der Waals surface area contributed by atoms with Crippen molar-refractivity contribution in [1.29, 1.82) is 0 Å². The van der Waals surface area contributed by atoms with E-state index in [-0.39, 0.29) is 40.9 Å². The van der Waals surface area contributed by atoms with Crippen molar-refractivity contribution in [2.45, 2.75) is 38.5 Å². The van der Waals surface area contributed by atoms with Crippen molar-refractivity contribution in [3.05, 3.63) is 59.4 Å². The molecule has 2 aliphatic heterocycles. The van der Waals surface area contributed by atoms with Crippen molar-refractivity contribution < 1.29 is 17.6 Å². The number of carbonyl (C=O) groups is 1. The van der Waals surface area contributed by atoms with Crippen LogP contribution in [0.1, 0.15) is 25.0 Å². The Morgan fingerprint density at radius 3 is 2.48 bits per heavy atom. The first-order valence-corrected chi connectivity index (χ1v) is 13.8. The van der Waals surface area contributed by atoms with E-state index in [0.717, 1.165) is 30.0 Å². The van der Waals surface area contributed by atoms with Crippen molar-refractivity contribution in [2.75, 3.05) is 34.4 Å². The summed E-state index contributed by atoms with van der Waals surface area (Å²) in [5.41, 5.74) is 3.66. The number of aryl methyl sites for hydroxylation is 1. The highest BCUT2D eigenvalue weighted by Gasteiger charge is 2.49. The highest BCUT2D eigenvalue weighted by molar-refractivity contribution is 8.16. The lowest BCUT2D eigenvalue weighted by atomic mass is 10.1. The summed E-state index contributed by atoms with van der Waals surface area (Å²) >= 11 is 1.36. The van der Waals surface area contributed by atoms with E-state index in [2.05, 4.69) is 29.8 Å². The molecule has 6 nitrogen and oxygen atoms in total. The van der Waals surface area contributed by atoms with Gasteiger partial charge in [-0.3, -0.25) is 4.79 Å². The van der Waals surface area contributed by atoms with Crippen LogP contribution in [0, 0.1) is 12.7 Å². The van der Waals surface area contributed by atoms with Crippen LogP contribution in [0.4, 0.5) is 15.8 Å². The van der Waals surface area contributed by atoms with E-state index in [1.54, 1.807) is 12.1 Å². The highest BCUT2D eigenvalue weighted by atomic mass is 32.2. The first-order valence-electron chi connectivity index (χ1n) is 11.1. The fourth-order valence-electron chi connectivity index (χ4n) is 4.46. The fraction of sp³-hybridized carbons (Fsp3) is 0.417. The number of amidine groups is 1. The predicted octanol–water partition coefficient (Wildman–Crippen LogP) is 3.82. The monoisotopic (exact) mass is 489 g/mol. The average molecular weight is 490 g/mol. The van der Waals surface area contributed by atoms with E-state index in [9.17, 15) is 17.6 Å². The van der Waals surface area contributed by atoms with Crippen LogP contribution in [-0.2, 0) is 21.1 Å². The maximum Gasteiger partial charge on any atom is 0.252 e. The van der Waals surface area contributed by atoms with Crippen LogP contribution in [-0.4, -0.2) is 55.4 Å². The van der Waals surface area contributed by atoms with Crippen molar-refractivity contribution in [2.24, 2.45) is 4.99 Å². The second-order valence-electron chi connectivity index (χ2n) is 8.40. The average Bonchev–Trinajstić information content (AvgIpc) is 3.22. The Morgan fingerprint density at radius 1 is 1.15 bits per heavy atom. The lowest BCUT2D eigenvalue weighted by molar-refractivity contribution is -0.117. The molecular weight excluding hydrogens is 461 g/mol. The number of halogens is 1. The lowest BCUT2D eigenvalue weighted by Gasteiger charge is -2.28. The maximum atomic E-state index is 13.2. The number of thioether (sulfide) groups is 1. The number of sulfone groups is 1. The summed E-state index contributed by atoms with van der Waals surface area (Å²) in [7, 11) is -3.14. The third kappa shape index (κ3) is 5.09. The number of amides is 1. The normalized spacial score (nSPS) is 22.5. The van der Waals surface area contributed by atoms with Crippen molar-refractivity contribution in [3.8, 4) is 0 Å². The molecule has 2 heterocycles. The zero-order chi connectivity index (χ0) is 23.8. The van der Waals surface area contributed by atoms with Gasteiger partial charge in [-0.15, -0.1) is 0 Å². The standard InChI is InChI=1S/C24H28FN3O3S2/c1-4-27(5-2)19-10-11-20(16(3)12-19)28-21-14-33(30,31)15-22(21)32-24(28)26-23(29)13-17-6-8-18(25)9-7-17/h6-12,21-22H,4-5,13-15H2,1-3H3/t21-,22+/m0/s1. The van der Waals surface area contributed by atoms with E-state index in [1.165, 1.54) is 23.9 Å². The third-order valence-corrected chi connectivity index (χ3v) is 9.33. The minimum absolute atomic E-state index is 0.0487. The number of benzene rings is 2. The molecule has 2 fully saturated rings. The number of nitrogens with zero attached hydrogens (tertiary/aromatic N) is 3. The van der Waals surface area contributed by atoms with Gasteiger partial charge < -0.3 is 9.80 Å². The molecule has 2 atom stereocenters. The minimum Gasteiger partial charge on any atom is -0.372 e. The summed E-state index contributed by atoms with van der Waals surface area (Å²) in [5.74, 6) is -0.560. The fourth-order valence-corrected chi connectivity index (χ4v) is 8.39. The molecule has 33 heavy (non-hydrogen) atoms. The van der Waals surface area contributed by atoms with Gasteiger partial charge in [0.15, 0.2) is 15.0 Å². The Balaban J connectivity index is 1.66. The van der Waals surface area contributed by atoms with E-state index < -0.39 is 9.84 Å². The SMILES string of the molecule is CCN(CC)c1ccc(N2C(=NC(=O)Cc3ccc(F)cc3)S[C@@H]3CS(=O)(=O)C[C@@H]32)c(C)c1. The van der Waals surface area contributed by atoms with Crippen LogP contribution in [0.25, 0.3) is 0 Å². The van der Waals surface area contributed by atoms with Crippen LogP contribution in [0.15, 0.2) is 47.5 Å². The molecule has 2 aromatic rings. The molecule has 4 rings (SSSR count). The molecule has 9 heteroatoms. The van der Waals surface area contributed by atoms with Gasteiger partial charge >= 0.3 is 0 Å². The zero-order valence-corrected chi connectivity index (χ0v) is 20.6.